The summed E-state index contributed by atoms with van der Waals surface area (Å²) in [6.45, 7) is 0.297. The van der Waals surface area contributed by atoms with Gasteiger partial charge in [0.2, 0.25) is 0 Å². The van der Waals surface area contributed by atoms with E-state index in [0.717, 1.165) is 19.3 Å². The van der Waals surface area contributed by atoms with Crippen LogP contribution in [0.2, 0.25) is 0 Å². The number of halogens is 3. The van der Waals surface area contributed by atoms with E-state index in [0.29, 0.717) is 13.1 Å². The molecular weight excluding hydrogens is 241 g/mol. The van der Waals surface area contributed by atoms with E-state index in [1.807, 2.05) is 0 Å². The lowest BCUT2D eigenvalue weighted by atomic mass is 10.1. The zero-order valence-electron chi connectivity index (χ0n) is 9.05. The van der Waals surface area contributed by atoms with Gasteiger partial charge in [-0.2, -0.15) is 13.2 Å². The van der Waals surface area contributed by atoms with Gasteiger partial charge >= 0.3 is 18.2 Å². The second-order valence-electron chi connectivity index (χ2n) is 3.61. The summed E-state index contributed by atoms with van der Waals surface area (Å²) in [6, 6.07) is 0. The van der Waals surface area contributed by atoms with Crippen LogP contribution in [0.15, 0.2) is 0 Å². The molecule has 0 aromatic rings. The third-order valence-corrected chi connectivity index (χ3v) is 2.30. The first-order valence-electron chi connectivity index (χ1n) is 5.18. The average Bonchev–Trinajstić information content (AvgIpc) is 2.28. The van der Waals surface area contributed by atoms with Crippen molar-refractivity contribution < 1.29 is 27.5 Å². The van der Waals surface area contributed by atoms with Crippen molar-refractivity contribution in [2.75, 3.05) is 19.8 Å². The fourth-order valence-electron chi connectivity index (χ4n) is 1.43. The summed E-state index contributed by atoms with van der Waals surface area (Å²) in [4.78, 5) is 23.1. The van der Waals surface area contributed by atoms with E-state index in [2.05, 4.69) is 4.74 Å². The van der Waals surface area contributed by atoms with E-state index in [9.17, 15) is 22.8 Å². The van der Waals surface area contributed by atoms with Gasteiger partial charge in [0.05, 0.1) is 0 Å². The van der Waals surface area contributed by atoms with Crippen molar-refractivity contribution in [3.63, 3.8) is 0 Å². The highest BCUT2D eigenvalue weighted by molar-refractivity contribution is 5.81. The van der Waals surface area contributed by atoms with E-state index < -0.39 is 24.9 Å². The van der Waals surface area contributed by atoms with Crippen molar-refractivity contribution in [2.24, 2.45) is 0 Å². The molecule has 0 unspecified atom stereocenters. The molecule has 2 amide bonds. The standard InChI is InChI=1S/C9H13F3N2O3/c10-9(11,12)7(15)13-6-17-8(16)14-4-2-1-3-5-14/h1-6H2,(H,13,15). The van der Waals surface area contributed by atoms with Crippen LogP contribution in [0.1, 0.15) is 19.3 Å². The number of alkyl halides is 3. The second-order valence-corrected chi connectivity index (χ2v) is 3.61. The van der Waals surface area contributed by atoms with Crippen LogP contribution in [0.3, 0.4) is 0 Å². The van der Waals surface area contributed by atoms with Gasteiger partial charge in [-0.3, -0.25) is 4.79 Å². The molecule has 0 saturated carbocycles. The van der Waals surface area contributed by atoms with E-state index in [4.69, 9.17) is 0 Å². The molecule has 98 valence electrons. The number of carbonyl (C=O) groups is 2. The quantitative estimate of drug-likeness (QED) is 0.754. The highest BCUT2D eigenvalue weighted by Crippen LogP contribution is 2.14. The number of piperidine rings is 1. The Bertz CT molecular complexity index is 288. The normalized spacial score (nSPS) is 16.5. The zero-order chi connectivity index (χ0) is 12.9. The SMILES string of the molecule is O=C(OCNC(=O)C(F)(F)F)N1CCCCC1. The fourth-order valence-corrected chi connectivity index (χ4v) is 1.43. The highest BCUT2D eigenvalue weighted by atomic mass is 19.4. The van der Waals surface area contributed by atoms with Gasteiger partial charge in [0.1, 0.15) is 0 Å². The molecule has 0 aliphatic carbocycles. The predicted molar refractivity (Wildman–Crippen MR) is 51.0 cm³/mol. The third kappa shape index (κ3) is 4.49. The minimum atomic E-state index is -4.96. The Morgan fingerprint density at radius 2 is 1.76 bits per heavy atom. The largest absolute Gasteiger partial charge is 0.471 e. The predicted octanol–water partition coefficient (Wildman–Crippen LogP) is 1.24. The molecule has 1 N–H and O–H groups in total. The van der Waals surface area contributed by atoms with Crippen LogP contribution in [-0.2, 0) is 9.53 Å². The van der Waals surface area contributed by atoms with Crippen LogP contribution in [-0.4, -0.2) is 42.9 Å². The fraction of sp³-hybridized carbons (Fsp3) is 0.778. The Hall–Kier alpha value is -1.47. The monoisotopic (exact) mass is 254 g/mol. The number of nitrogens with one attached hydrogen (secondary N) is 1. The van der Waals surface area contributed by atoms with Crippen LogP contribution < -0.4 is 5.32 Å². The molecule has 0 aromatic carbocycles. The molecule has 1 rings (SSSR count). The van der Waals surface area contributed by atoms with Gasteiger partial charge in [-0.15, -0.1) is 0 Å². The first-order valence-corrected chi connectivity index (χ1v) is 5.18. The smallest absolute Gasteiger partial charge is 0.428 e. The Morgan fingerprint density at radius 1 is 1.18 bits per heavy atom. The minimum Gasteiger partial charge on any atom is -0.428 e. The summed E-state index contributed by atoms with van der Waals surface area (Å²) in [5.41, 5.74) is 0. The zero-order valence-corrected chi connectivity index (χ0v) is 9.05. The van der Waals surface area contributed by atoms with E-state index in [1.54, 1.807) is 0 Å². The maximum Gasteiger partial charge on any atom is 0.471 e. The number of carbonyl (C=O) groups excluding carboxylic acids is 2. The molecular formula is C9H13F3N2O3. The topological polar surface area (TPSA) is 58.6 Å². The number of amides is 2. The molecule has 5 nitrogen and oxygen atoms in total. The lowest BCUT2D eigenvalue weighted by Gasteiger charge is -2.25. The van der Waals surface area contributed by atoms with Crippen LogP contribution in [0, 0.1) is 0 Å². The van der Waals surface area contributed by atoms with Gasteiger partial charge in [0, 0.05) is 13.1 Å². The molecule has 8 heteroatoms. The summed E-state index contributed by atoms with van der Waals surface area (Å²) >= 11 is 0. The van der Waals surface area contributed by atoms with Crippen molar-refractivity contribution >= 4 is 12.0 Å². The number of hydrogen-bond donors (Lipinski definition) is 1. The van der Waals surface area contributed by atoms with Crippen molar-refractivity contribution in [2.45, 2.75) is 25.4 Å². The molecule has 1 aliphatic heterocycles. The van der Waals surface area contributed by atoms with Crippen LogP contribution in [0.5, 0.6) is 0 Å². The molecule has 1 fully saturated rings. The molecule has 0 aromatic heterocycles. The summed E-state index contributed by atoms with van der Waals surface area (Å²) in [7, 11) is 0. The summed E-state index contributed by atoms with van der Waals surface area (Å²) in [6.07, 6.45) is -2.94. The molecule has 1 saturated heterocycles. The van der Waals surface area contributed by atoms with Crippen molar-refractivity contribution in [1.82, 2.24) is 10.2 Å². The van der Waals surface area contributed by atoms with Gasteiger partial charge in [0.15, 0.2) is 6.73 Å². The Labute approximate surface area is 95.9 Å². The van der Waals surface area contributed by atoms with Gasteiger partial charge in [0.25, 0.3) is 0 Å². The number of ether oxygens (including phenoxy) is 1. The Kier molecular flexibility index (Phi) is 4.59. The molecule has 1 heterocycles. The first-order chi connectivity index (χ1) is 7.91. The molecule has 17 heavy (non-hydrogen) atoms. The number of hydrogen-bond acceptors (Lipinski definition) is 3. The van der Waals surface area contributed by atoms with Gasteiger partial charge in [-0.1, -0.05) is 0 Å². The van der Waals surface area contributed by atoms with Gasteiger partial charge in [-0.25, -0.2) is 4.79 Å². The highest BCUT2D eigenvalue weighted by Gasteiger charge is 2.38. The van der Waals surface area contributed by atoms with Crippen molar-refractivity contribution in [3.05, 3.63) is 0 Å². The van der Waals surface area contributed by atoms with E-state index in [-0.39, 0.29) is 0 Å². The van der Waals surface area contributed by atoms with Crippen LogP contribution in [0.4, 0.5) is 18.0 Å². The lowest BCUT2D eigenvalue weighted by molar-refractivity contribution is -0.174. The van der Waals surface area contributed by atoms with Crippen molar-refractivity contribution in [3.8, 4) is 0 Å². The van der Waals surface area contributed by atoms with E-state index >= 15 is 0 Å². The molecule has 0 atom stereocenters. The maximum atomic E-state index is 11.8. The van der Waals surface area contributed by atoms with Gasteiger partial charge in [-0.05, 0) is 19.3 Å². The summed E-state index contributed by atoms with van der Waals surface area (Å²) < 4.78 is 39.8. The average molecular weight is 254 g/mol. The summed E-state index contributed by atoms with van der Waals surface area (Å²) in [5, 5.41) is 1.46. The van der Waals surface area contributed by atoms with Crippen molar-refractivity contribution in [1.29, 1.82) is 0 Å². The number of rotatable bonds is 2. The van der Waals surface area contributed by atoms with E-state index in [1.165, 1.54) is 10.2 Å². The Balaban J connectivity index is 2.22. The summed E-state index contributed by atoms with van der Waals surface area (Å²) in [5.74, 6) is -2.12. The molecule has 0 radical (unpaired) electrons. The minimum absolute atomic E-state index is 0.534. The lowest BCUT2D eigenvalue weighted by Crippen LogP contribution is -2.41. The first kappa shape index (κ1) is 13.6. The number of nitrogens with zero attached hydrogens (tertiary/aromatic N) is 1. The molecule has 0 bridgehead atoms. The Morgan fingerprint density at radius 3 is 2.29 bits per heavy atom. The van der Waals surface area contributed by atoms with Crippen LogP contribution >= 0.6 is 0 Å². The molecule has 0 spiro atoms. The maximum absolute atomic E-state index is 11.8. The van der Waals surface area contributed by atoms with Gasteiger partial charge < -0.3 is 15.0 Å². The van der Waals surface area contributed by atoms with Crippen LogP contribution in [0.25, 0.3) is 0 Å². The second kappa shape index (κ2) is 5.74. The number of likely N-dealkylation sites (tertiary alicyclic amines) is 1. The molecule has 1 aliphatic rings. The third-order valence-electron chi connectivity index (χ3n) is 2.30.